The molecule has 10 bridgehead atoms. The van der Waals surface area contributed by atoms with Crippen LogP contribution in [0.4, 0.5) is 0 Å². The number of unbranched alkanes of at least 4 members (excludes halogenated alkanes) is 3. The van der Waals surface area contributed by atoms with Gasteiger partial charge in [-0.3, -0.25) is 0 Å². The fourth-order valence-corrected chi connectivity index (χ4v) is 18.7. The summed E-state index contributed by atoms with van der Waals surface area (Å²) in [4.78, 5) is 0. The second-order valence-corrected chi connectivity index (χ2v) is 20.9. The normalized spacial score (nSPS) is 58.5. The molecule has 23 atom stereocenters. The van der Waals surface area contributed by atoms with Gasteiger partial charge < -0.3 is 0 Å². The molecule has 0 amide bonds. The zero-order chi connectivity index (χ0) is 33.1. The Kier molecular flexibility index (Phi) is 8.34. The maximum Gasteiger partial charge on any atom is -0.0133 e. The van der Waals surface area contributed by atoms with Crippen LogP contribution in [0.2, 0.25) is 0 Å². The van der Waals surface area contributed by atoms with Crippen LogP contribution in [0.15, 0.2) is 49.1 Å². The third-order valence-corrected chi connectivity index (χ3v) is 19.8. The van der Waals surface area contributed by atoms with E-state index in [2.05, 4.69) is 70.7 Å². The van der Waals surface area contributed by atoms with E-state index in [4.69, 9.17) is 0 Å². The molecule has 12 rings (SSSR count). The summed E-state index contributed by atoms with van der Waals surface area (Å²) in [6.07, 6.45) is 37.7. The molecular formula is C49H72. The average Bonchev–Trinajstić information content (AvgIpc) is 3.93. The maximum atomic E-state index is 3.60. The molecule has 12 aliphatic rings. The fourth-order valence-electron chi connectivity index (χ4n) is 18.7. The minimum atomic E-state index is 0.925. The van der Waals surface area contributed by atoms with Crippen LogP contribution >= 0.6 is 0 Å². The number of fused-ring (bicyclic) bond motifs is 26. The Hall–Kier alpha value is -1.04. The van der Waals surface area contributed by atoms with E-state index in [0.29, 0.717) is 0 Å². The summed E-state index contributed by atoms with van der Waals surface area (Å²) < 4.78 is 0. The highest BCUT2D eigenvalue weighted by Crippen LogP contribution is 2.79. The third kappa shape index (κ3) is 4.64. The van der Waals surface area contributed by atoms with Crippen molar-refractivity contribution in [2.75, 3.05) is 0 Å². The lowest BCUT2D eigenvalue weighted by Gasteiger charge is -2.52. The lowest BCUT2D eigenvalue weighted by molar-refractivity contribution is -0.0500. The number of hydrogen-bond donors (Lipinski definition) is 0. The van der Waals surface area contributed by atoms with Crippen molar-refractivity contribution in [2.24, 2.45) is 136 Å². The monoisotopic (exact) mass is 661 g/mol. The lowest BCUT2D eigenvalue weighted by atomic mass is 9.52. The molecule has 23 unspecified atom stereocenters. The van der Waals surface area contributed by atoms with E-state index in [1.807, 2.05) is 6.08 Å². The standard InChI is InChI=1S/C33H48.C10H12.C6H12/c1-4-5-7-17-10-18-11-23(17)31-21-12-26(30(18)31)28(15(21)2)29-16(3)22-13-27(29)33-25-14-24(32(22)33)19-8-6-9-20(19)25;1-2-9-7-4-5-8(6-7)10(9)3-1;1-3-5-6-4-2/h6,9,15-33H,4-5,7-8,10-14H2,1-3H3;1-2,4-5,7-10H,3,6H2;3H,1,4-6H2,2H3. The van der Waals surface area contributed by atoms with Gasteiger partial charge in [-0.1, -0.05) is 102 Å². The summed E-state index contributed by atoms with van der Waals surface area (Å²) in [5, 5.41) is 0. The molecule has 0 spiro atoms. The first kappa shape index (κ1) is 32.6. The Morgan fingerprint density at radius 1 is 0.531 bits per heavy atom. The largest absolute Gasteiger partial charge is 0.103 e. The van der Waals surface area contributed by atoms with Gasteiger partial charge >= 0.3 is 0 Å². The second kappa shape index (κ2) is 12.5. The highest BCUT2D eigenvalue weighted by atomic mass is 14.8. The minimum absolute atomic E-state index is 0.925. The van der Waals surface area contributed by atoms with Crippen LogP contribution < -0.4 is 0 Å². The van der Waals surface area contributed by atoms with Crippen molar-refractivity contribution in [3.63, 3.8) is 0 Å². The van der Waals surface area contributed by atoms with Gasteiger partial charge in [0.05, 0.1) is 0 Å². The van der Waals surface area contributed by atoms with E-state index >= 15 is 0 Å². The Bertz CT molecular complexity index is 1330. The van der Waals surface area contributed by atoms with E-state index in [1.54, 1.807) is 38.5 Å². The first-order valence-corrected chi connectivity index (χ1v) is 22.7. The van der Waals surface area contributed by atoms with Gasteiger partial charge in [-0.2, -0.15) is 0 Å². The molecule has 0 N–H and O–H groups in total. The molecule has 0 saturated heterocycles. The van der Waals surface area contributed by atoms with Gasteiger partial charge in [0.25, 0.3) is 0 Å². The lowest BCUT2D eigenvalue weighted by Crippen LogP contribution is -2.48. The van der Waals surface area contributed by atoms with Crippen molar-refractivity contribution >= 4 is 0 Å². The number of hydrogen-bond acceptors (Lipinski definition) is 0. The third-order valence-electron chi connectivity index (χ3n) is 19.8. The summed E-state index contributed by atoms with van der Waals surface area (Å²) in [5.74, 6) is 25.2. The van der Waals surface area contributed by atoms with Crippen LogP contribution in [-0.4, -0.2) is 0 Å². The molecule has 49 heavy (non-hydrogen) atoms. The smallest absolute Gasteiger partial charge is 0.0133 e. The van der Waals surface area contributed by atoms with Crippen LogP contribution in [0.25, 0.3) is 0 Å². The maximum absolute atomic E-state index is 3.60. The van der Waals surface area contributed by atoms with Crippen molar-refractivity contribution < 1.29 is 0 Å². The summed E-state index contributed by atoms with van der Waals surface area (Å²) in [5.41, 5.74) is 0. The van der Waals surface area contributed by atoms with Gasteiger partial charge in [-0.25, -0.2) is 0 Å². The highest BCUT2D eigenvalue weighted by Gasteiger charge is 2.73. The average molecular weight is 661 g/mol. The first-order valence-electron chi connectivity index (χ1n) is 22.7. The van der Waals surface area contributed by atoms with E-state index in [-0.39, 0.29) is 0 Å². The van der Waals surface area contributed by atoms with Crippen molar-refractivity contribution in [3.05, 3.63) is 49.1 Å². The minimum Gasteiger partial charge on any atom is -0.103 e. The molecule has 0 heteroatoms. The molecule has 0 aliphatic heterocycles. The zero-order valence-electron chi connectivity index (χ0n) is 31.9. The highest BCUT2D eigenvalue weighted by molar-refractivity contribution is 5.25. The Morgan fingerprint density at radius 2 is 1.16 bits per heavy atom. The first-order chi connectivity index (χ1) is 24.0. The molecule has 0 aromatic rings. The zero-order valence-corrected chi connectivity index (χ0v) is 31.9. The quantitative estimate of drug-likeness (QED) is 0.145. The van der Waals surface area contributed by atoms with Crippen molar-refractivity contribution in [1.29, 1.82) is 0 Å². The predicted octanol–water partition coefficient (Wildman–Crippen LogP) is 12.7. The molecule has 9 fully saturated rings. The molecule has 268 valence electrons. The Labute approximate surface area is 301 Å². The number of rotatable bonds is 7. The summed E-state index contributed by atoms with van der Waals surface area (Å²) in [6.45, 7) is 13.7. The van der Waals surface area contributed by atoms with E-state index in [1.165, 1.54) is 63.2 Å². The van der Waals surface area contributed by atoms with Gasteiger partial charge in [0.15, 0.2) is 0 Å². The second-order valence-electron chi connectivity index (χ2n) is 20.9. The van der Waals surface area contributed by atoms with Crippen molar-refractivity contribution in [3.8, 4) is 0 Å². The van der Waals surface area contributed by atoms with Crippen molar-refractivity contribution in [2.45, 2.75) is 118 Å². The molecular weight excluding hydrogens is 589 g/mol. The van der Waals surface area contributed by atoms with Crippen LogP contribution in [0.1, 0.15) is 118 Å². The topological polar surface area (TPSA) is 0 Å². The predicted molar refractivity (Wildman–Crippen MR) is 205 cm³/mol. The van der Waals surface area contributed by atoms with E-state index in [0.717, 1.165) is 124 Å². The van der Waals surface area contributed by atoms with Crippen LogP contribution in [0, 0.1) is 136 Å². The molecule has 9 saturated carbocycles. The van der Waals surface area contributed by atoms with E-state index in [9.17, 15) is 0 Å². The van der Waals surface area contributed by atoms with Gasteiger partial charge in [0.2, 0.25) is 0 Å². The van der Waals surface area contributed by atoms with Gasteiger partial charge in [0, 0.05) is 0 Å². The molecule has 0 aromatic heterocycles. The van der Waals surface area contributed by atoms with Crippen LogP contribution in [0.5, 0.6) is 0 Å². The Morgan fingerprint density at radius 3 is 1.86 bits per heavy atom. The summed E-state index contributed by atoms with van der Waals surface area (Å²) >= 11 is 0. The summed E-state index contributed by atoms with van der Waals surface area (Å²) in [6, 6.07) is 0. The van der Waals surface area contributed by atoms with Gasteiger partial charge in [-0.15, -0.1) is 6.58 Å². The van der Waals surface area contributed by atoms with Gasteiger partial charge in [0.1, 0.15) is 0 Å². The molecule has 0 nitrogen and oxygen atoms in total. The molecule has 0 aromatic carbocycles. The molecule has 0 heterocycles. The fraction of sp³-hybridized carbons (Fsp3) is 0.837. The van der Waals surface area contributed by atoms with E-state index < -0.39 is 0 Å². The number of allylic oxidation sites excluding steroid dienone is 7. The SMILES string of the molecule is C1=CC2C3C=CC(C3)C2C1.C=CCCCC.CCCCC1CC2CC1C1C3CC(C21)C(C1C(C)C2CC1C1C4CC(C5CC=CC54)C21)C3C. The van der Waals surface area contributed by atoms with Gasteiger partial charge in [-0.05, 0) is 194 Å². The molecule has 12 aliphatic carbocycles. The summed E-state index contributed by atoms with van der Waals surface area (Å²) in [7, 11) is 0. The van der Waals surface area contributed by atoms with Crippen molar-refractivity contribution in [1.82, 2.24) is 0 Å². The Balaban J connectivity index is 0.000000157. The van der Waals surface area contributed by atoms with Crippen LogP contribution in [-0.2, 0) is 0 Å². The van der Waals surface area contributed by atoms with Crippen LogP contribution in [0.3, 0.4) is 0 Å². The molecule has 0 radical (unpaired) electrons.